The molecule has 5 nitrogen and oxygen atoms in total. The van der Waals surface area contributed by atoms with Crippen LogP contribution in [0.5, 0.6) is 0 Å². The van der Waals surface area contributed by atoms with Crippen LogP contribution in [0.15, 0.2) is 18.2 Å². The summed E-state index contributed by atoms with van der Waals surface area (Å²) < 4.78 is 0. The second-order valence-electron chi connectivity index (χ2n) is 4.57. The number of hydrogen-bond donors (Lipinski definition) is 1. The summed E-state index contributed by atoms with van der Waals surface area (Å²) in [6, 6.07) is 4.74. The molecule has 0 saturated heterocycles. The van der Waals surface area contributed by atoms with E-state index in [2.05, 4.69) is 4.98 Å². The van der Waals surface area contributed by atoms with Gasteiger partial charge in [-0.25, -0.2) is 9.78 Å². The van der Waals surface area contributed by atoms with E-state index in [-0.39, 0.29) is 23.3 Å². The fourth-order valence-electron chi connectivity index (χ4n) is 2.31. The van der Waals surface area contributed by atoms with Gasteiger partial charge in [0.2, 0.25) is 0 Å². The average molecular weight is 248 g/mol. The molecule has 5 heteroatoms. The summed E-state index contributed by atoms with van der Waals surface area (Å²) in [6.07, 6.45) is 4.32. The van der Waals surface area contributed by atoms with Gasteiger partial charge in [-0.1, -0.05) is 18.9 Å². The summed E-state index contributed by atoms with van der Waals surface area (Å²) in [5.41, 5.74) is 0.102. The average Bonchev–Trinajstić information content (AvgIpc) is 2.91. The first kappa shape index (κ1) is 12.5. The molecule has 1 aromatic heterocycles. The Hall–Kier alpha value is -1.91. The Morgan fingerprint density at radius 2 is 1.89 bits per heavy atom. The summed E-state index contributed by atoms with van der Waals surface area (Å²) in [5.74, 6) is -1.32. The standard InChI is InChI=1S/C13H16N2O3/c1-15(9-5-2-3-6-9)12(16)10-7-4-8-11(14-10)13(17)18/h4,7-9H,2-3,5-6H2,1H3,(H,17,18). The smallest absolute Gasteiger partial charge is 0.354 e. The number of amides is 1. The molecular formula is C13H16N2O3. The fraction of sp³-hybridized carbons (Fsp3) is 0.462. The van der Waals surface area contributed by atoms with Crippen LogP contribution in [0.2, 0.25) is 0 Å². The molecule has 0 aromatic carbocycles. The zero-order chi connectivity index (χ0) is 13.1. The first-order valence-electron chi connectivity index (χ1n) is 6.07. The lowest BCUT2D eigenvalue weighted by Gasteiger charge is -2.23. The second kappa shape index (κ2) is 5.16. The van der Waals surface area contributed by atoms with Gasteiger partial charge < -0.3 is 10.0 Å². The summed E-state index contributed by atoms with van der Waals surface area (Å²) >= 11 is 0. The van der Waals surface area contributed by atoms with Gasteiger partial charge in [-0.2, -0.15) is 0 Å². The van der Waals surface area contributed by atoms with E-state index < -0.39 is 5.97 Å². The molecule has 0 bridgehead atoms. The van der Waals surface area contributed by atoms with Gasteiger partial charge in [0, 0.05) is 13.1 Å². The molecule has 0 aliphatic heterocycles. The van der Waals surface area contributed by atoms with E-state index in [0.717, 1.165) is 25.7 Å². The largest absolute Gasteiger partial charge is 0.477 e. The van der Waals surface area contributed by atoms with Crippen molar-refractivity contribution in [1.29, 1.82) is 0 Å². The molecule has 1 aliphatic rings. The second-order valence-corrected chi connectivity index (χ2v) is 4.57. The molecule has 2 rings (SSSR count). The number of carbonyl (C=O) groups is 2. The third kappa shape index (κ3) is 2.50. The summed E-state index contributed by atoms with van der Waals surface area (Å²) in [7, 11) is 1.76. The highest BCUT2D eigenvalue weighted by molar-refractivity contribution is 5.94. The highest BCUT2D eigenvalue weighted by Gasteiger charge is 2.25. The maximum atomic E-state index is 12.2. The van der Waals surface area contributed by atoms with Crippen molar-refractivity contribution in [1.82, 2.24) is 9.88 Å². The molecule has 0 unspecified atom stereocenters. The van der Waals surface area contributed by atoms with Crippen molar-refractivity contribution in [2.75, 3.05) is 7.05 Å². The van der Waals surface area contributed by atoms with Gasteiger partial charge in [0.1, 0.15) is 11.4 Å². The first-order valence-corrected chi connectivity index (χ1v) is 6.07. The van der Waals surface area contributed by atoms with Gasteiger partial charge in [-0.15, -0.1) is 0 Å². The van der Waals surface area contributed by atoms with Crippen molar-refractivity contribution >= 4 is 11.9 Å². The third-order valence-corrected chi connectivity index (χ3v) is 3.38. The lowest BCUT2D eigenvalue weighted by atomic mass is 10.2. The van der Waals surface area contributed by atoms with Gasteiger partial charge in [0.25, 0.3) is 5.91 Å². The van der Waals surface area contributed by atoms with E-state index in [0.29, 0.717) is 0 Å². The molecule has 1 fully saturated rings. The maximum absolute atomic E-state index is 12.2. The molecule has 1 aliphatic carbocycles. The van der Waals surface area contributed by atoms with Crippen LogP contribution in [0, 0.1) is 0 Å². The molecule has 1 saturated carbocycles. The minimum absolute atomic E-state index is 0.0966. The minimum Gasteiger partial charge on any atom is -0.477 e. The number of rotatable bonds is 3. The molecule has 1 heterocycles. The fourth-order valence-corrected chi connectivity index (χ4v) is 2.31. The molecule has 1 N–H and O–H groups in total. The van der Waals surface area contributed by atoms with Crippen LogP contribution in [0.25, 0.3) is 0 Å². The molecule has 0 radical (unpaired) electrons. The number of nitrogens with zero attached hydrogens (tertiary/aromatic N) is 2. The lowest BCUT2D eigenvalue weighted by Crippen LogP contribution is -2.35. The quantitative estimate of drug-likeness (QED) is 0.885. The third-order valence-electron chi connectivity index (χ3n) is 3.38. The van der Waals surface area contributed by atoms with Crippen molar-refractivity contribution in [3.8, 4) is 0 Å². The van der Waals surface area contributed by atoms with E-state index >= 15 is 0 Å². The van der Waals surface area contributed by atoms with Gasteiger partial charge >= 0.3 is 5.97 Å². The summed E-state index contributed by atoms with van der Waals surface area (Å²) in [4.78, 5) is 28.5. The van der Waals surface area contributed by atoms with Crippen LogP contribution in [-0.4, -0.2) is 40.0 Å². The van der Waals surface area contributed by atoms with Gasteiger partial charge in [-0.3, -0.25) is 4.79 Å². The molecule has 18 heavy (non-hydrogen) atoms. The molecular weight excluding hydrogens is 232 g/mol. The predicted molar refractivity (Wildman–Crippen MR) is 65.5 cm³/mol. The number of carbonyl (C=O) groups excluding carboxylic acids is 1. The number of carboxylic acid groups (broad SMARTS) is 1. The molecule has 1 amide bonds. The van der Waals surface area contributed by atoms with Crippen molar-refractivity contribution < 1.29 is 14.7 Å². The Balaban J connectivity index is 2.17. The van der Waals surface area contributed by atoms with Crippen LogP contribution in [-0.2, 0) is 0 Å². The minimum atomic E-state index is -1.12. The molecule has 0 atom stereocenters. The van der Waals surface area contributed by atoms with Crippen LogP contribution in [0.1, 0.15) is 46.7 Å². The maximum Gasteiger partial charge on any atom is 0.354 e. The Morgan fingerprint density at radius 3 is 2.50 bits per heavy atom. The van der Waals surface area contributed by atoms with Crippen LogP contribution < -0.4 is 0 Å². The van der Waals surface area contributed by atoms with Gasteiger partial charge in [0.15, 0.2) is 0 Å². The van der Waals surface area contributed by atoms with E-state index in [1.165, 1.54) is 6.07 Å². The number of hydrogen-bond acceptors (Lipinski definition) is 3. The Labute approximate surface area is 105 Å². The normalized spacial score (nSPS) is 15.6. The topological polar surface area (TPSA) is 70.5 Å². The van der Waals surface area contributed by atoms with E-state index in [4.69, 9.17) is 5.11 Å². The van der Waals surface area contributed by atoms with Gasteiger partial charge in [0.05, 0.1) is 0 Å². The van der Waals surface area contributed by atoms with E-state index in [9.17, 15) is 9.59 Å². The van der Waals surface area contributed by atoms with Crippen molar-refractivity contribution in [3.05, 3.63) is 29.6 Å². The Morgan fingerprint density at radius 1 is 1.28 bits per heavy atom. The van der Waals surface area contributed by atoms with E-state index in [1.807, 2.05) is 0 Å². The monoisotopic (exact) mass is 248 g/mol. The number of pyridine rings is 1. The number of aromatic nitrogens is 1. The lowest BCUT2D eigenvalue weighted by molar-refractivity contribution is 0.0689. The van der Waals surface area contributed by atoms with Gasteiger partial charge in [-0.05, 0) is 25.0 Å². The Kier molecular flexibility index (Phi) is 3.60. The SMILES string of the molecule is CN(C(=O)c1cccc(C(=O)O)n1)C1CCCC1. The molecule has 96 valence electrons. The van der Waals surface area contributed by atoms with Crippen LogP contribution >= 0.6 is 0 Å². The summed E-state index contributed by atoms with van der Waals surface area (Å²) in [6.45, 7) is 0. The Bertz CT molecular complexity index is 467. The first-order chi connectivity index (χ1) is 8.59. The van der Waals surface area contributed by atoms with Crippen molar-refractivity contribution in [2.45, 2.75) is 31.7 Å². The predicted octanol–water partition coefficient (Wildman–Crippen LogP) is 1.79. The van der Waals surface area contributed by atoms with Crippen LogP contribution in [0.3, 0.4) is 0 Å². The van der Waals surface area contributed by atoms with E-state index in [1.54, 1.807) is 24.1 Å². The molecule has 0 spiro atoms. The number of aromatic carboxylic acids is 1. The highest BCUT2D eigenvalue weighted by Crippen LogP contribution is 2.23. The van der Waals surface area contributed by atoms with Crippen LogP contribution in [0.4, 0.5) is 0 Å². The zero-order valence-corrected chi connectivity index (χ0v) is 10.3. The summed E-state index contributed by atoms with van der Waals surface area (Å²) in [5, 5.41) is 8.85. The number of carboxylic acids is 1. The highest BCUT2D eigenvalue weighted by atomic mass is 16.4. The van der Waals surface area contributed by atoms with Crippen molar-refractivity contribution in [2.24, 2.45) is 0 Å². The van der Waals surface area contributed by atoms with Crippen molar-refractivity contribution in [3.63, 3.8) is 0 Å². The molecule has 1 aromatic rings. The zero-order valence-electron chi connectivity index (χ0n) is 10.3.